The SMILES string of the molecule is CONC(=O)CSc1ccc(OC)cc1. The molecule has 1 aromatic rings. The van der Waals surface area contributed by atoms with Crippen LogP contribution in [0, 0.1) is 0 Å². The number of carbonyl (C=O) groups excluding carboxylic acids is 1. The van der Waals surface area contributed by atoms with Gasteiger partial charge in [-0.2, -0.15) is 0 Å². The number of benzene rings is 1. The maximum absolute atomic E-state index is 11.1. The van der Waals surface area contributed by atoms with Crippen LogP contribution in [0.2, 0.25) is 0 Å². The van der Waals surface area contributed by atoms with Crippen molar-refractivity contribution in [1.82, 2.24) is 5.48 Å². The van der Waals surface area contributed by atoms with Gasteiger partial charge in [-0.3, -0.25) is 9.63 Å². The highest BCUT2D eigenvalue weighted by molar-refractivity contribution is 8.00. The Morgan fingerprint density at radius 1 is 1.33 bits per heavy atom. The van der Waals surface area contributed by atoms with E-state index in [4.69, 9.17) is 4.74 Å². The van der Waals surface area contributed by atoms with Crippen LogP contribution in [0.15, 0.2) is 29.2 Å². The lowest BCUT2D eigenvalue weighted by Crippen LogP contribution is -2.23. The predicted molar refractivity (Wildman–Crippen MR) is 58.9 cm³/mol. The van der Waals surface area contributed by atoms with Crippen LogP contribution in [0.4, 0.5) is 0 Å². The molecule has 1 N–H and O–H groups in total. The molecule has 0 atom stereocenters. The highest BCUT2D eigenvalue weighted by atomic mass is 32.2. The van der Waals surface area contributed by atoms with Crippen molar-refractivity contribution in [3.63, 3.8) is 0 Å². The van der Waals surface area contributed by atoms with Gasteiger partial charge in [0.25, 0.3) is 5.91 Å². The van der Waals surface area contributed by atoms with E-state index < -0.39 is 0 Å². The molecule has 1 rings (SSSR count). The maximum atomic E-state index is 11.1. The van der Waals surface area contributed by atoms with E-state index in [2.05, 4.69) is 10.3 Å². The first kappa shape index (κ1) is 11.9. The molecule has 0 aliphatic carbocycles. The normalized spacial score (nSPS) is 9.73. The van der Waals surface area contributed by atoms with Crippen molar-refractivity contribution in [1.29, 1.82) is 0 Å². The van der Waals surface area contributed by atoms with E-state index in [0.717, 1.165) is 10.6 Å². The van der Waals surface area contributed by atoms with Crippen molar-refractivity contribution in [2.45, 2.75) is 4.90 Å². The number of hydrogen-bond donors (Lipinski definition) is 1. The molecule has 0 aliphatic heterocycles. The third kappa shape index (κ3) is 4.22. The number of hydrogen-bond acceptors (Lipinski definition) is 4. The average Bonchev–Trinajstić information content (AvgIpc) is 2.27. The van der Waals surface area contributed by atoms with Crippen LogP contribution in [-0.2, 0) is 9.63 Å². The van der Waals surface area contributed by atoms with Crippen LogP contribution < -0.4 is 10.2 Å². The standard InChI is InChI=1S/C10H13NO3S/c1-13-8-3-5-9(6-4-8)15-7-10(12)11-14-2/h3-6H,7H2,1-2H3,(H,11,12). The zero-order valence-electron chi connectivity index (χ0n) is 8.65. The van der Waals surface area contributed by atoms with Crippen molar-refractivity contribution < 1.29 is 14.4 Å². The number of amides is 1. The molecule has 0 aromatic heterocycles. The topological polar surface area (TPSA) is 47.6 Å². The fourth-order valence-electron chi connectivity index (χ4n) is 0.964. The molecule has 15 heavy (non-hydrogen) atoms. The lowest BCUT2D eigenvalue weighted by atomic mass is 10.3. The van der Waals surface area contributed by atoms with E-state index in [9.17, 15) is 4.79 Å². The van der Waals surface area contributed by atoms with E-state index in [1.807, 2.05) is 24.3 Å². The molecule has 0 fully saturated rings. The molecule has 4 nitrogen and oxygen atoms in total. The molecule has 0 saturated heterocycles. The summed E-state index contributed by atoms with van der Waals surface area (Å²) in [7, 11) is 3.03. The summed E-state index contributed by atoms with van der Waals surface area (Å²) >= 11 is 1.44. The zero-order chi connectivity index (χ0) is 11.1. The van der Waals surface area contributed by atoms with Gasteiger partial charge in [0.2, 0.25) is 0 Å². The third-order valence-electron chi connectivity index (χ3n) is 1.65. The van der Waals surface area contributed by atoms with Gasteiger partial charge < -0.3 is 4.74 Å². The Morgan fingerprint density at radius 2 is 2.00 bits per heavy atom. The number of thioether (sulfide) groups is 1. The highest BCUT2D eigenvalue weighted by Gasteiger charge is 2.01. The Balaban J connectivity index is 2.40. The van der Waals surface area contributed by atoms with Gasteiger partial charge in [0.05, 0.1) is 20.0 Å². The minimum Gasteiger partial charge on any atom is -0.497 e. The highest BCUT2D eigenvalue weighted by Crippen LogP contribution is 2.20. The molecule has 0 aliphatic rings. The van der Waals surface area contributed by atoms with Crippen LogP contribution in [-0.4, -0.2) is 25.9 Å². The monoisotopic (exact) mass is 227 g/mol. The van der Waals surface area contributed by atoms with Crippen LogP contribution in [0.25, 0.3) is 0 Å². The third-order valence-corrected chi connectivity index (χ3v) is 2.66. The van der Waals surface area contributed by atoms with Gasteiger partial charge >= 0.3 is 0 Å². The van der Waals surface area contributed by atoms with Gasteiger partial charge in [0.15, 0.2) is 0 Å². The number of nitrogens with one attached hydrogen (secondary N) is 1. The summed E-state index contributed by atoms with van der Waals surface area (Å²) in [5, 5.41) is 0. The van der Waals surface area contributed by atoms with Gasteiger partial charge in [0.1, 0.15) is 5.75 Å². The summed E-state index contributed by atoms with van der Waals surface area (Å²) in [5.74, 6) is 0.985. The first-order chi connectivity index (χ1) is 7.26. The van der Waals surface area contributed by atoms with Crippen LogP contribution in [0.1, 0.15) is 0 Å². The van der Waals surface area contributed by atoms with Crippen molar-refractivity contribution in [3.8, 4) is 5.75 Å². The Hall–Kier alpha value is -1.20. The van der Waals surface area contributed by atoms with Crippen molar-refractivity contribution in [3.05, 3.63) is 24.3 Å². The Labute approximate surface area is 92.9 Å². The van der Waals surface area contributed by atoms with Crippen molar-refractivity contribution >= 4 is 17.7 Å². The number of ether oxygens (including phenoxy) is 1. The second-order valence-electron chi connectivity index (χ2n) is 2.69. The van der Waals surface area contributed by atoms with Gasteiger partial charge in [-0.05, 0) is 24.3 Å². The van der Waals surface area contributed by atoms with E-state index in [0.29, 0.717) is 5.75 Å². The number of methoxy groups -OCH3 is 1. The summed E-state index contributed by atoms with van der Waals surface area (Å²) in [5.41, 5.74) is 2.25. The fraction of sp³-hybridized carbons (Fsp3) is 0.300. The molecule has 0 radical (unpaired) electrons. The summed E-state index contributed by atoms with van der Waals surface area (Å²) in [6.07, 6.45) is 0. The number of carbonyl (C=O) groups is 1. The Bertz CT molecular complexity index is 313. The molecular weight excluding hydrogens is 214 g/mol. The van der Waals surface area contributed by atoms with E-state index in [1.54, 1.807) is 7.11 Å². The molecule has 0 unspecified atom stereocenters. The average molecular weight is 227 g/mol. The van der Waals surface area contributed by atoms with Crippen LogP contribution in [0.3, 0.4) is 0 Å². The predicted octanol–water partition coefficient (Wildman–Crippen LogP) is 1.46. The van der Waals surface area contributed by atoms with Crippen molar-refractivity contribution in [2.75, 3.05) is 20.0 Å². The Morgan fingerprint density at radius 3 is 2.53 bits per heavy atom. The molecule has 1 aromatic carbocycles. The number of hydroxylamine groups is 1. The minimum atomic E-state index is -0.154. The lowest BCUT2D eigenvalue weighted by molar-refractivity contribution is -0.128. The van der Waals surface area contributed by atoms with Gasteiger partial charge in [-0.1, -0.05) is 0 Å². The fourth-order valence-corrected chi connectivity index (χ4v) is 1.65. The molecule has 0 bridgehead atoms. The molecule has 82 valence electrons. The summed E-state index contributed by atoms with van der Waals surface area (Å²) < 4.78 is 5.02. The van der Waals surface area contributed by atoms with Crippen molar-refractivity contribution in [2.24, 2.45) is 0 Å². The summed E-state index contributed by atoms with van der Waals surface area (Å²) in [6, 6.07) is 7.53. The van der Waals surface area contributed by atoms with E-state index in [-0.39, 0.29) is 5.91 Å². The van der Waals surface area contributed by atoms with Crippen LogP contribution >= 0.6 is 11.8 Å². The second kappa shape index (κ2) is 6.31. The molecule has 0 saturated carbocycles. The van der Waals surface area contributed by atoms with Gasteiger partial charge in [-0.25, -0.2) is 5.48 Å². The number of rotatable bonds is 5. The van der Waals surface area contributed by atoms with Gasteiger partial charge in [0, 0.05) is 4.90 Å². The van der Waals surface area contributed by atoms with E-state index >= 15 is 0 Å². The molecule has 1 amide bonds. The quantitative estimate of drug-likeness (QED) is 0.611. The Kier molecular flexibility index (Phi) is 5.00. The van der Waals surface area contributed by atoms with Gasteiger partial charge in [-0.15, -0.1) is 11.8 Å². The molecule has 0 heterocycles. The smallest absolute Gasteiger partial charge is 0.253 e. The second-order valence-corrected chi connectivity index (χ2v) is 3.74. The molecule has 5 heteroatoms. The zero-order valence-corrected chi connectivity index (χ0v) is 9.47. The first-order valence-corrected chi connectivity index (χ1v) is 5.33. The lowest BCUT2D eigenvalue weighted by Gasteiger charge is -2.03. The van der Waals surface area contributed by atoms with Crippen LogP contribution in [0.5, 0.6) is 5.75 Å². The maximum Gasteiger partial charge on any atom is 0.253 e. The first-order valence-electron chi connectivity index (χ1n) is 4.35. The minimum absolute atomic E-state index is 0.154. The summed E-state index contributed by atoms with van der Waals surface area (Å²) in [4.78, 5) is 16.6. The largest absolute Gasteiger partial charge is 0.497 e. The molecule has 0 spiro atoms. The molecular formula is C10H13NO3S. The summed E-state index contributed by atoms with van der Waals surface area (Å²) in [6.45, 7) is 0. The van der Waals surface area contributed by atoms with E-state index in [1.165, 1.54) is 18.9 Å².